The van der Waals surface area contributed by atoms with Gasteiger partial charge in [-0.1, -0.05) is 24.4 Å². The summed E-state index contributed by atoms with van der Waals surface area (Å²) in [5, 5.41) is 9.01. The molecule has 1 fully saturated rings. The van der Waals surface area contributed by atoms with Gasteiger partial charge in [-0.25, -0.2) is 4.39 Å². The molecule has 0 saturated carbocycles. The van der Waals surface area contributed by atoms with E-state index in [2.05, 4.69) is 0 Å². The highest BCUT2D eigenvalue weighted by Crippen LogP contribution is 2.27. The molecule has 4 nitrogen and oxygen atoms in total. The molecular formula is C14H17FN2O2S. The van der Waals surface area contributed by atoms with E-state index in [0.29, 0.717) is 31.5 Å². The predicted octanol–water partition coefficient (Wildman–Crippen LogP) is 1.95. The van der Waals surface area contributed by atoms with Crippen LogP contribution in [-0.2, 0) is 4.79 Å². The second-order valence-corrected chi connectivity index (χ2v) is 5.48. The Balaban J connectivity index is 2.15. The maximum atomic E-state index is 13.3. The van der Waals surface area contributed by atoms with Crippen molar-refractivity contribution in [2.75, 3.05) is 13.1 Å². The van der Waals surface area contributed by atoms with Crippen molar-refractivity contribution >= 4 is 23.2 Å². The van der Waals surface area contributed by atoms with Gasteiger partial charge in [0.15, 0.2) is 0 Å². The van der Waals surface area contributed by atoms with Crippen molar-refractivity contribution in [2.45, 2.75) is 18.9 Å². The number of thiocarbonyl (C=S) groups is 1. The van der Waals surface area contributed by atoms with E-state index >= 15 is 0 Å². The molecule has 0 amide bonds. The molecule has 1 heterocycles. The maximum Gasteiger partial charge on any atom is 0.306 e. The van der Waals surface area contributed by atoms with Gasteiger partial charge in [-0.05, 0) is 43.6 Å². The van der Waals surface area contributed by atoms with Crippen LogP contribution < -0.4 is 5.73 Å². The monoisotopic (exact) mass is 296 g/mol. The zero-order valence-electron chi connectivity index (χ0n) is 11.0. The van der Waals surface area contributed by atoms with Crippen LogP contribution >= 0.6 is 12.2 Å². The molecule has 20 heavy (non-hydrogen) atoms. The number of nitrogens with two attached hydrogens (primary N) is 1. The van der Waals surface area contributed by atoms with Crippen molar-refractivity contribution in [3.05, 3.63) is 35.6 Å². The Labute approximate surface area is 122 Å². The molecule has 108 valence electrons. The van der Waals surface area contributed by atoms with E-state index in [1.54, 1.807) is 12.1 Å². The van der Waals surface area contributed by atoms with Crippen LogP contribution in [0.15, 0.2) is 24.3 Å². The summed E-state index contributed by atoms with van der Waals surface area (Å²) in [5.41, 5.74) is 6.51. The molecule has 1 aromatic carbocycles. The molecule has 6 heteroatoms. The fourth-order valence-electron chi connectivity index (χ4n) is 2.64. The Kier molecular flexibility index (Phi) is 4.67. The lowest BCUT2D eigenvalue weighted by molar-refractivity contribution is -0.143. The minimum Gasteiger partial charge on any atom is -0.481 e. The van der Waals surface area contributed by atoms with Gasteiger partial charge in [-0.2, -0.15) is 0 Å². The molecule has 0 spiro atoms. The molecule has 1 aliphatic rings. The molecular weight excluding hydrogens is 279 g/mol. The van der Waals surface area contributed by atoms with Crippen molar-refractivity contribution in [3.8, 4) is 0 Å². The van der Waals surface area contributed by atoms with Crippen LogP contribution in [0.5, 0.6) is 0 Å². The third kappa shape index (κ3) is 3.32. The van der Waals surface area contributed by atoms with E-state index in [9.17, 15) is 9.18 Å². The standard InChI is InChI=1S/C14H17FN2O2S/c15-11-3-1-2-10(8-11)12(13(16)20)17-6-4-9(5-7-17)14(18)19/h1-3,8-9,12H,4-7H2,(H2,16,20)(H,18,19). The number of carboxylic acids is 1. The van der Waals surface area contributed by atoms with E-state index in [1.165, 1.54) is 12.1 Å². The van der Waals surface area contributed by atoms with Crippen LogP contribution in [0.2, 0.25) is 0 Å². The minimum atomic E-state index is -0.762. The van der Waals surface area contributed by atoms with E-state index in [1.807, 2.05) is 4.90 Å². The number of piperidine rings is 1. The summed E-state index contributed by atoms with van der Waals surface area (Å²) in [4.78, 5) is 13.3. The van der Waals surface area contributed by atoms with Gasteiger partial charge in [0, 0.05) is 0 Å². The molecule has 0 aromatic heterocycles. The Bertz CT molecular complexity index is 516. The van der Waals surface area contributed by atoms with Crippen molar-refractivity contribution in [2.24, 2.45) is 11.7 Å². The van der Waals surface area contributed by atoms with Gasteiger partial charge >= 0.3 is 5.97 Å². The maximum absolute atomic E-state index is 13.3. The van der Waals surface area contributed by atoms with Crippen LogP contribution in [-0.4, -0.2) is 34.1 Å². The summed E-state index contributed by atoms with van der Waals surface area (Å²) in [6.45, 7) is 1.19. The second kappa shape index (κ2) is 6.28. The number of rotatable bonds is 4. The number of benzene rings is 1. The number of carboxylic acid groups (broad SMARTS) is 1. The lowest BCUT2D eigenvalue weighted by Gasteiger charge is -2.36. The highest BCUT2D eigenvalue weighted by Gasteiger charge is 2.30. The first kappa shape index (κ1) is 14.9. The first-order chi connectivity index (χ1) is 9.49. The number of carbonyl (C=O) groups is 1. The largest absolute Gasteiger partial charge is 0.481 e. The summed E-state index contributed by atoms with van der Waals surface area (Å²) in [5.74, 6) is -1.41. The molecule has 0 aliphatic carbocycles. The van der Waals surface area contributed by atoms with E-state index in [-0.39, 0.29) is 22.8 Å². The molecule has 1 unspecified atom stereocenters. The summed E-state index contributed by atoms with van der Waals surface area (Å²) in [7, 11) is 0. The number of hydrogen-bond acceptors (Lipinski definition) is 3. The topological polar surface area (TPSA) is 66.6 Å². The number of likely N-dealkylation sites (tertiary alicyclic amines) is 1. The lowest BCUT2D eigenvalue weighted by Crippen LogP contribution is -2.43. The smallest absolute Gasteiger partial charge is 0.306 e. The van der Waals surface area contributed by atoms with Gasteiger partial charge in [0.05, 0.1) is 16.9 Å². The van der Waals surface area contributed by atoms with Gasteiger partial charge in [-0.15, -0.1) is 0 Å². The summed E-state index contributed by atoms with van der Waals surface area (Å²) in [6, 6.07) is 5.87. The van der Waals surface area contributed by atoms with E-state index < -0.39 is 5.97 Å². The molecule has 3 N–H and O–H groups in total. The van der Waals surface area contributed by atoms with Gasteiger partial charge in [0.1, 0.15) is 5.82 Å². The first-order valence-corrected chi connectivity index (χ1v) is 6.91. The number of aliphatic carboxylic acids is 1. The van der Waals surface area contributed by atoms with Gasteiger partial charge in [-0.3, -0.25) is 9.69 Å². The highest BCUT2D eigenvalue weighted by molar-refractivity contribution is 7.80. The van der Waals surface area contributed by atoms with Crippen LogP contribution in [0.25, 0.3) is 0 Å². The van der Waals surface area contributed by atoms with Crippen molar-refractivity contribution in [1.82, 2.24) is 4.90 Å². The fraction of sp³-hybridized carbons (Fsp3) is 0.429. The summed E-state index contributed by atoms with van der Waals surface area (Å²) in [6.07, 6.45) is 1.12. The first-order valence-electron chi connectivity index (χ1n) is 6.50. The third-order valence-electron chi connectivity index (χ3n) is 3.68. The van der Waals surface area contributed by atoms with E-state index in [0.717, 1.165) is 0 Å². The fourth-order valence-corrected chi connectivity index (χ4v) is 2.92. The Morgan fingerprint density at radius 3 is 2.60 bits per heavy atom. The summed E-state index contributed by atoms with van der Waals surface area (Å²) < 4.78 is 13.3. The third-order valence-corrected chi connectivity index (χ3v) is 3.90. The van der Waals surface area contributed by atoms with Gasteiger partial charge in [0.25, 0.3) is 0 Å². The number of halogens is 1. The van der Waals surface area contributed by atoms with Gasteiger partial charge < -0.3 is 10.8 Å². The van der Waals surface area contributed by atoms with Crippen molar-refractivity contribution in [1.29, 1.82) is 0 Å². The lowest BCUT2D eigenvalue weighted by atomic mass is 9.94. The quantitative estimate of drug-likeness (QED) is 0.831. The minimum absolute atomic E-state index is 0.282. The normalized spacial score (nSPS) is 18.6. The van der Waals surface area contributed by atoms with Crippen molar-refractivity contribution < 1.29 is 14.3 Å². The SMILES string of the molecule is NC(=S)C(c1cccc(F)c1)N1CCC(C(=O)O)CC1. The average molecular weight is 296 g/mol. The molecule has 1 saturated heterocycles. The summed E-state index contributed by atoms with van der Waals surface area (Å²) >= 11 is 5.10. The van der Waals surface area contributed by atoms with Crippen LogP contribution in [0.4, 0.5) is 4.39 Å². The molecule has 2 rings (SSSR count). The van der Waals surface area contributed by atoms with Gasteiger partial charge in [0.2, 0.25) is 0 Å². The molecule has 0 radical (unpaired) electrons. The Hall–Kier alpha value is -1.53. The molecule has 1 aromatic rings. The Morgan fingerprint density at radius 2 is 2.10 bits per heavy atom. The average Bonchev–Trinajstić information content (AvgIpc) is 2.39. The Morgan fingerprint density at radius 1 is 1.45 bits per heavy atom. The predicted molar refractivity (Wildman–Crippen MR) is 77.9 cm³/mol. The highest BCUT2D eigenvalue weighted by atomic mass is 32.1. The zero-order valence-corrected chi connectivity index (χ0v) is 11.8. The van der Waals surface area contributed by atoms with Crippen LogP contribution in [0, 0.1) is 11.7 Å². The van der Waals surface area contributed by atoms with Crippen LogP contribution in [0.1, 0.15) is 24.4 Å². The second-order valence-electron chi connectivity index (χ2n) is 5.01. The molecule has 1 aliphatic heterocycles. The number of nitrogens with zero attached hydrogens (tertiary/aromatic N) is 1. The number of hydrogen-bond donors (Lipinski definition) is 2. The van der Waals surface area contributed by atoms with Crippen molar-refractivity contribution in [3.63, 3.8) is 0 Å². The molecule has 1 atom stereocenters. The van der Waals surface area contributed by atoms with Crippen LogP contribution in [0.3, 0.4) is 0 Å². The zero-order chi connectivity index (χ0) is 14.7. The van der Waals surface area contributed by atoms with E-state index in [4.69, 9.17) is 23.1 Å². The molecule has 0 bridgehead atoms.